The number of nitrogens with zero attached hydrogens (tertiary/aromatic N) is 1. The summed E-state index contributed by atoms with van der Waals surface area (Å²) in [7, 11) is 0. The molecule has 1 aliphatic heterocycles. The lowest BCUT2D eigenvalue weighted by Gasteiger charge is -2.20. The van der Waals surface area contributed by atoms with E-state index in [1.165, 1.54) is 11.3 Å². The minimum Gasteiger partial charge on any atom is -0.377 e. The van der Waals surface area contributed by atoms with Crippen LogP contribution in [-0.4, -0.2) is 43.0 Å². The number of ether oxygens (including phenoxy) is 1. The minimum atomic E-state index is 0.195. The smallest absolute Gasteiger partial charge is 0.187 e. The van der Waals surface area contributed by atoms with E-state index in [1.807, 2.05) is 11.4 Å². The highest BCUT2D eigenvalue weighted by atomic mass is 79.9. The quantitative estimate of drug-likeness (QED) is 0.803. The monoisotopic (exact) mass is 317 g/mol. The molecule has 1 saturated heterocycles. The Balaban J connectivity index is 1.96. The van der Waals surface area contributed by atoms with Crippen LogP contribution in [0.5, 0.6) is 0 Å². The number of halogens is 1. The van der Waals surface area contributed by atoms with Crippen molar-refractivity contribution < 1.29 is 9.53 Å². The maximum Gasteiger partial charge on any atom is 0.187 e. The van der Waals surface area contributed by atoms with Gasteiger partial charge in [0.1, 0.15) is 0 Å². The zero-order valence-corrected chi connectivity index (χ0v) is 12.2. The van der Waals surface area contributed by atoms with E-state index in [0.717, 1.165) is 35.5 Å². The zero-order valence-electron chi connectivity index (χ0n) is 9.82. The Bertz CT molecular complexity index is 394. The molecule has 0 spiro atoms. The van der Waals surface area contributed by atoms with E-state index in [-0.39, 0.29) is 11.9 Å². The van der Waals surface area contributed by atoms with Crippen LogP contribution in [0.3, 0.4) is 0 Å². The third-order valence-electron chi connectivity index (χ3n) is 2.77. The predicted molar refractivity (Wildman–Crippen MR) is 72.8 cm³/mol. The summed E-state index contributed by atoms with van der Waals surface area (Å²) in [5, 5.41) is 1.94. The summed E-state index contributed by atoms with van der Waals surface area (Å²) in [5.74, 6) is 0.195. The summed E-state index contributed by atoms with van der Waals surface area (Å²) in [4.78, 5) is 15.1. The van der Waals surface area contributed by atoms with Crippen LogP contribution in [0.25, 0.3) is 0 Å². The highest BCUT2D eigenvalue weighted by Crippen LogP contribution is 2.23. The molecule has 1 fully saturated rings. The fourth-order valence-electron chi connectivity index (χ4n) is 1.99. The molecule has 2 rings (SSSR count). The number of hydrogen-bond donors (Lipinski definition) is 0. The second-order valence-corrected chi connectivity index (χ2v) is 6.06. The number of Topliss-reactive ketones (excluding diaryl/α,β-unsaturated/α-hetero) is 1. The van der Waals surface area contributed by atoms with E-state index in [0.29, 0.717) is 6.54 Å². The first-order valence-corrected chi connectivity index (χ1v) is 7.44. The van der Waals surface area contributed by atoms with Gasteiger partial charge < -0.3 is 4.74 Å². The van der Waals surface area contributed by atoms with Gasteiger partial charge in [0.2, 0.25) is 0 Å². The average Bonchev–Trinajstić information content (AvgIpc) is 2.60. The van der Waals surface area contributed by atoms with Gasteiger partial charge in [-0.1, -0.05) is 0 Å². The number of ketones is 1. The van der Waals surface area contributed by atoms with Crippen molar-refractivity contribution in [2.45, 2.75) is 19.4 Å². The Morgan fingerprint density at radius 1 is 1.71 bits per heavy atom. The first kappa shape index (κ1) is 13.2. The second kappa shape index (κ2) is 6.09. The van der Waals surface area contributed by atoms with Crippen LogP contribution in [0.2, 0.25) is 0 Å². The fourth-order valence-corrected chi connectivity index (χ4v) is 3.52. The lowest BCUT2D eigenvalue weighted by Crippen LogP contribution is -2.34. The summed E-state index contributed by atoms with van der Waals surface area (Å²) >= 11 is 4.90. The molecule has 94 valence electrons. The summed E-state index contributed by atoms with van der Waals surface area (Å²) in [6, 6.07) is 1.92. The van der Waals surface area contributed by atoms with Gasteiger partial charge in [-0.15, -0.1) is 11.3 Å². The van der Waals surface area contributed by atoms with Crippen LogP contribution in [-0.2, 0) is 4.74 Å². The maximum absolute atomic E-state index is 12.1. The minimum absolute atomic E-state index is 0.195. The van der Waals surface area contributed by atoms with Crippen molar-refractivity contribution in [3.05, 3.63) is 20.8 Å². The molecule has 0 bridgehead atoms. The molecule has 1 unspecified atom stereocenters. The van der Waals surface area contributed by atoms with Crippen molar-refractivity contribution in [3.8, 4) is 0 Å². The molecule has 0 radical (unpaired) electrons. The molecule has 0 saturated carbocycles. The molecule has 0 N–H and O–H groups in total. The molecule has 3 nitrogen and oxygen atoms in total. The summed E-state index contributed by atoms with van der Waals surface area (Å²) in [6.45, 7) is 5.14. The van der Waals surface area contributed by atoms with Gasteiger partial charge >= 0.3 is 0 Å². The van der Waals surface area contributed by atoms with Crippen LogP contribution < -0.4 is 0 Å². The van der Waals surface area contributed by atoms with E-state index < -0.39 is 0 Å². The van der Waals surface area contributed by atoms with E-state index in [1.54, 1.807) is 0 Å². The standard InChI is InChI=1S/C12H16BrNO2S/c1-9-7-14(4-2-5-16-9)8-11(15)12-10(13)3-6-17-12/h3,6,9H,2,4-5,7-8H2,1H3. The van der Waals surface area contributed by atoms with E-state index in [4.69, 9.17) is 4.74 Å². The molecular formula is C12H16BrNO2S. The van der Waals surface area contributed by atoms with E-state index in [9.17, 15) is 4.79 Å². The Morgan fingerprint density at radius 3 is 3.24 bits per heavy atom. The van der Waals surface area contributed by atoms with Crippen molar-refractivity contribution in [2.24, 2.45) is 0 Å². The van der Waals surface area contributed by atoms with Gasteiger partial charge in [0.05, 0.1) is 17.5 Å². The zero-order chi connectivity index (χ0) is 12.3. The molecule has 0 amide bonds. The molecular weight excluding hydrogens is 302 g/mol. The van der Waals surface area contributed by atoms with Gasteiger partial charge in [0.25, 0.3) is 0 Å². The number of carbonyl (C=O) groups excluding carboxylic acids is 1. The van der Waals surface area contributed by atoms with Crippen molar-refractivity contribution in [1.29, 1.82) is 0 Å². The molecule has 5 heteroatoms. The van der Waals surface area contributed by atoms with Crippen LogP contribution in [0.1, 0.15) is 23.0 Å². The number of carbonyl (C=O) groups is 1. The molecule has 17 heavy (non-hydrogen) atoms. The van der Waals surface area contributed by atoms with Crippen LogP contribution >= 0.6 is 27.3 Å². The van der Waals surface area contributed by atoms with Gasteiger partial charge in [-0.3, -0.25) is 9.69 Å². The van der Waals surface area contributed by atoms with Gasteiger partial charge in [-0.25, -0.2) is 0 Å². The van der Waals surface area contributed by atoms with Crippen LogP contribution in [0, 0.1) is 0 Å². The molecule has 0 aromatic carbocycles. The number of rotatable bonds is 3. The van der Waals surface area contributed by atoms with Crippen molar-refractivity contribution in [2.75, 3.05) is 26.2 Å². The Kier molecular flexibility index (Phi) is 4.73. The predicted octanol–water partition coefficient (Wildman–Crippen LogP) is 2.80. The van der Waals surface area contributed by atoms with Crippen molar-refractivity contribution in [3.63, 3.8) is 0 Å². The largest absolute Gasteiger partial charge is 0.377 e. The topological polar surface area (TPSA) is 29.5 Å². The first-order valence-electron chi connectivity index (χ1n) is 5.77. The molecule has 1 aliphatic rings. The molecule has 0 aliphatic carbocycles. The summed E-state index contributed by atoms with van der Waals surface area (Å²) in [6.07, 6.45) is 1.22. The third-order valence-corrected chi connectivity index (χ3v) is 4.65. The van der Waals surface area contributed by atoms with Gasteiger partial charge in [0.15, 0.2) is 5.78 Å². The van der Waals surface area contributed by atoms with Gasteiger partial charge in [0, 0.05) is 24.2 Å². The molecule has 1 aromatic heterocycles. The second-order valence-electron chi connectivity index (χ2n) is 4.29. The lowest BCUT2D eigenvalue weighted by molar-refractivity contribution is 0.0658. The molecule has 2 heterocycles. The van der Waals surface area contributed by atoms with E-state index >= 15 is 0 Å². The number of thiophene rings is 1. The van der Waals surface area contributed by atoms with Crippen molar-refractivity contribution in [1.82, 2.24) is 4.90 Å². The Hall–Kier alpha value is -0.230. The fraction of sp³-hybridized carbons (Fsp3) is 0.583. The lowest BCUT2D eigenvalue weighted by atomic mass is 10.2. The Labute approximate surface area is 114 Å². The van der Waals surface area contributed by atoms with Gasteiger partial charge in [-0.2, -0.15) is 0 Å². The van der Waals surface area contributed by atoms with Crippen LogP contribution in [0.4, 0.5) is 0 Å². The van der Waals surface area contributed by atoms with Crippen molar-refractivity contribution >= 4 is 33.0 Å². The normalized spacial score (nSPS) is 22.4. The average molecular weight is 318 g/mol. The molecule has 1 aromatic rings. The SMILES string of the molecule is CC1CN(CC(=O)c2sccc2Br)CCCO1. The van der Waals surface area contributed by atoms with Gasteiger partial charge in [-0.05, 0) is 40.7 Å². The summed E-state index contributed by atoms with van der Waals surface area (Å²) in [5.41, 5.74) is 0. The maximum atomic E-state index is 12.1. The van der Waals surface area contributed by atoms with Crippen LogP contribution in [0.15, 0.2) is 15.9 Å². The summed E-state index contributed by atoms with van der Waals surface area (Å²) < 4.78 is 6.48. The Morgan fingerprint density at radius 2 is 2.53 bits per heavy atom. The highest BCUT2D eigenvalue weighted by Gasteiger charge is 2.19. The first-order chi connectivity index (χ1) is 8.16. The number of hydrogen-bond acceptors (Lipinski definition) is 4. The van der Waals surface area contributed by atoms with E-state index in [2.05, 4.69) is 27.8 Å². The highest BCUT2D eigenvalue weighted by molar-refractivity contribution is 9.10. The third kappa shape index (κ3) is 3.61. The molecule has 1 atom stereocenters.